The Morgan fingerprint density at radius 1 is 0.971 bits per heavy atom. The van der Waals surface area contributed by atoms with Crippen molar-refractivity contribution in [1.29, 1.82) is 0 Å². The largest absolute Gasteiger partial charge is 0.491 e. The lowest BCUT2D eigenvalue weighted by molar-refractivity contribution is 0.0526. The Morgan fingerprint density at radius 3 is 2.34 bits per heavy atom. The highest BCUT2D eigenvalue weighted by Gasteiger charge is 2.29. The normalized spacial score (nSPS) is 16.2. The van der Waals surface area contributed by atoms with Crippen molar-refractivity contribution < 1.29 is 27.8 Å². The van der Waals surface area contributed by atoms with Crippen molar-refractivity contribution in [3.05, 3.63) is 72.3 Å². The predicted molar refractivity (Wildman–Crippen MR) is 133 cm³/mol. The van der Waals surface area contributed by atoms with Crippen LogP contribution in [-0.2, 0) is 14.8 Å². The summed E-state index contributed by atoms with van der Waals surface area (Å²) in [5, 5.41) is 12.7. The molecule has 1 atom stereocenters. The van der Waals surface area contributed by atoms with E-state index in [0.29, 0.717) is 44.0 Å². The molecule has 0 radical (unpaired) electrons. The fourth-order valence-corrected chi connectivity index (χ4v) is 5.50. The summed E-state index contributed by atoms with van der Waals surface area (Å²) in [5.74, 6) is 0.223. The molecule has 8 nitrogen and oxygen atoms in total. The third kappa shape index (κ3) is 6.18. The molecule has 9 heteroatoms. The topological polar surface area (TPSA) is 96.4 Å². The minimum Gasteiger partial charge on any atom is -0.491 e. The summed E-state index contributed by atoms with van der Waals surface area (Å²) in [4.78, 5) is 14.0. The first-order valence-corrected chi connectivity index (χ1v) is 13.1. The second-order valence-corrected chi connectivity index (χ2v) is 10.4. The second-order valence-electron chi connectivity index (χ2n) is 8.42. The molecular weight excluding hydrogens is 468 g/mol. The van der Waals surface area contributed by atoms with E-state index in [2.05, 4.69) is 0 Å². The molecule has 35 heavy (non-hydrogen) atoms. The maximum absolute atomic E-state index is 13.0. The molecule has 0 aromatic heterocycles. The number of piperazine rings is 1. The van der Waals surface area contributed by atoms with Crippen LogP contribution in [0.15, 0.2) is 71.6 Å². The molecule has 1 fully saturated rings. The van der Waals surface area contributed by atoms with Crippen molar-refractivity contribution >= 4 is 26.8 Å². The van der Waals surface area contributed by atoms with Gasteiger partial charge in [0.2, 0.25) is 10.0 Å². The molecule has 3 aromatic carbocycles. The number of fused-ring (bicyclic) bond motifs is 1. The molecule has 1 aliphatic heterocycles. The average Bonchev–Trinajstić information content (AvgIpc) is 2.88. The summed E-state index contributed by atoms with van der Waals surface area (Å²) < 4.78 is 38.1. The molecule has 0 aliphatic carbocycles. The Hall–Kier alpha value is -2.98. The highest BCUT2D eigenvalue weighted by molar-refractivity contribution is 7.89. The first-order chi connectivity index (χ1) is 16.9. The third-order valence-corrected chi connectivity index (χ3v) is 7.88. The summed E-state index contributed by atoms with van der Waals surface area (Å²) in [6.07, 6.45) is -0.694. The molecule has 1 aliphatic rings. The van der Waals surface area contributed by atoms with Gasteiger partial charge in [-0.05, 0) is 54.1 Å². The molecule has 1 heterocycles. The van der Waals surface area contributed by atoms with E-state index in [-0.39, 0.29) is 18.1 Å². The zero-order valence-corrected chi connectivity index (χ0v) is 20.5. The smallest absolute Gasteiger partial charge is 0.338 e. The SMILES string of the molecule is CCOC(=O)c1ccc(S(=O)(=O)N2CCN(CC(O)COc3ccc4ccccc4c3)CC2)cc1. The Bertz CT molecular complexity index is 1250. The van der Waals surface area contributed by atoms with E-state index in [1.807, 2.05) is 47.4 Å². The van der Waals surface area contributed by atoms with Crippen molar-refractivity contribution in [2.75, 3.05) is 45.9 Å². The molecule has 0 spiro atoms. The molecule has 3 aromatic rings. The van der Waals surface area contributed by atoms with Crippen LogP contribution in [0.3, 0.4) is 0 Å². The average molecular weight is 499 g/mol. The standard InChI is InChI=1S/C26H30N2O6S/c1-2-33-26(30)21-8-11-25(12-9-21)35(31,32)28-15-13-27(14-16-28)18-23(29)19-34-24-10-7-20-5-3-4-6-22(20)17-24/h3-12,17,23,29H,2,13-16,18-19H2,1H3. The fraction of sp³-hybridized carbons (Fsp3) is 0.346. The first-order valence-electron chi connectivity index (χ1n) is 11.7. The van der Waals surface area contributed by atoms with Gasteiger partial charge < -0.3 is 14.6 Å². The van der Waals surface area contributed by atoms with E-state index in [4.69, 9.17) is 9.47 Å². The fourth-order valence-electron chi connectivity index (χ4n) is 4.08. The van der Waals surface area contributed by atoms with Crippen molar-refractivity contribution in [2.24, 2.45) is 0 Å². The zero-order chi connectivity index (χ0) is 24.8. The Labute approximate surface area is 205 Å². The van der Waals surface area contributed by atoms with E-state index in [9.17, 15) is 18.3 Å². The van der Waals surface area contributed by atoms with Crippen LogP contribution in [-0.4, -0.2) is 80.7 Å². The van der Waals surface area contributed by atoms with E-state index in [0.717, 1.165) is 10.8 Å². The number of aliphatic hydroxyl groups excluding tert-OH is 1. The van der Waals surface area contributed by atoms with Crippen LogP contribution in [0.5, 0.6) is 5.75 Å². The molecule has 186 valence electrons. The number of aliphatic hydroxyl groups is 1. The molecule has 0 saturated carbocycles. The molecule has 1 N–H and O–H groups in total. The minimum atomic E-state index is -3.67. The summed E-state index contributed by atoms with van der Waals surface area (Å²) in [7, 11) is -3.67. The molecule has 0 amide bonds. The predicted octanol–water partition coefficient (Wildman–Crippen LogP) is 2.76. The number of hydrogen-bond donors (Lipinski definition) is 1. The van der Waals surface area contributed by atoms with E-state index in [1.54, 1.807) is 6.92 Å². The number of nitrogens with zero attached hydrogens (tertiary/aromatic N) is 2. The van der Waals surface area contributed by atoms with Crippen LogP contribution >= 0.6 is 0 Å². The highest BCUT2D eigenvalue weighted by Crippen LogP contribution is 2.21. The van der Waals surface area contributed by atoms with Crippen molar-refractivity contribution in [2.45, 2.75) is 17.9 Å². The van der Waals surface area contributed by atoms with Gasteiger partial charge in [-0.3, -0.25) is 4.90 Å². The monoisotopic (exact) mass is 498 g/mol. The Kier molecular flexibility index (Phi) is 8.02. The quantitative estimate of drug-likeness (QED) is 0.453. The number of ether oxygens (including phenoxy) is 2. The van der Waals surface area contributed by atoms with Gasteiger partial charge in [-0.2, -0.15) is 4.31 Å². The number of esters is 1. The molecule has 4 rings (SSSR count). The highest BCUT2D eigenvalue weighted by atomic mass is 32.2. The minimum absolute atomic E-state index is 0.141. The van der Waals surface area contributed by atoms with Crippen LogP contribution in [0, 0.1) is 0 Å². The lowest BCUT2D eigenvalue weighted by atomic mass is 10.1. The van der Waals surface area contributed by atoms with Gasteiger partial charge in [0, 0.05) is 32.7 Å². The number of benzene rings is 3. The number of hydrogen-bond acceptors (Lipinski definition) is 7. The van der Waals surface area contributed by atoms with E-state index in [1.165, 1.54) is 28.6 Å². The van der Waals surface area contributed by atoms with Crippen LogP contribution in [0.25, 0.3) is 10.8 Å². The molecule has 1 saturated heterocycles. The van der Waals surface area contributed by atoms with Gasteiger partial charge in [-0.1, -0.05) is 30.3 Å². The Morgan fingerprint density at radius 2 is 1.66 bits per heavy atom. The van der Waals surface area contributed by atoms with Gasteiger partial charge in [0.05, 0.1) is 17.1 Å². The van der Waals surface area contributed by atoms with Gasteiger partial charge >= 0.3 is 5.97 Å². The third-order valence-electron chi connectivity index (χ3n) is 5.97. The first kappa shape index (κ1) is 25.1. The summed E-state index contributed by atoms with van der Waals surface area (Å²) >= 11 is 0. The van der Waals surface area contributed by atoms with Crippen LogP contribution in [0.1, 0.15) is 17.3 Å². The Balaban J connectivity index is 1.26. The molecule has 1 unspecified atom stereocenters. The summed E-state index contributed by atoms with van der Waals surface area (Å²) in [6, 6.07) is 19.6. The van der Waals surface area contributed by atoms with Crippen molar-refractivity contribution in [3.8, 4) is 5.75 Å². The van der Waals surface area contributed by atoms with Gasteiger partial charge in [-0.15, -0.1) is 0 Å². The zero-order valence-electron chi connectivity index (χ0n) is 19.7. The maximum atomic E-state index is 13.0. The lowest BCUT2D eigenvalue weighted by Crippen LogP contribution is -2.50. The van der Waals surface area contributed by atoms with E-state index >= 15 is 0 Å². The van der Waals surface area contributed by atoms with Crippen LogP contribution in [0.2, 0.25) is 0 Å². The molecular formula is C26H30N2O6S. The van der Waals surface area contributed by atoms with Gasteiger partial charge in [-0.25, -0.2) is 13.2 Å². The summed E-state index contributed by atoms with van der Waals surface area (Å²) in [5.41, 5.74) is 0.315. The molecule has 0 bridgehead atoms. The van der Waals surface area contributed by atoms with Gasteiger partial charge in [0.25, 0.3) is 0 Å². The van der Waals surface area contributed by atoms with Crippen LogP contribution < -0.4 is 4.74 Å². The number of rotatable bonds is 9. The van der Waals surface area contributed by atoms with Crippen molar-refractivity contribution in [3.63, 3.8) is 0 Å². The lowest BCUT2D eigenvalue weighted by Gasteiger charge is -2.34. The summed E-state index contributed by atoms with van der Waals surface area (Å²) in [6.45, 7) is 4.18. The van der Waals surface area contributed by atoms with Gasteiger partial charge in [0.15, 0.2) is 0 Å². The number of β-amino-alcohol motifs (C(OH)–C–C–N with tert-alkyl or cyclic N) is 1. The van der Waals surface area contributed by atoms with Crippen LogP contribution in [0.4, 0.5) is 0 Å². The number of sulfonamides is 1. The number of carbonyl (C=O) groups excluding carboxylic acids is 1. The maximum Gasteiger partial charge on any atom is 0.338 e. The second kappa shape index (κ2) is 11.2. The van der Waals surface area contributed by atoms with E-state index < -0.39 is 22.1 Å². The number of carbonyl (C=O) groups is 1. The van der Waals surface area contributed by atoms with Gasteiger partial charge in [0.1, 0.15) is 18.5 Å². The van der Waals surface area contributed by atoms with Crippen molar-refractivity contribution in [1.82, 2.24) is 9.21 Å².